The van der Waals surface area contributed by atoms with E-state index in [2.05, 4.69) is 10.4 Å². The van der Waals surface area contributed by atoms with Crippen molar-refractivity contribution in [3.05, 3.63) is 70.1 Å². The van der Waals surface area contributed by atoms with Crippen LogP contribution in [0.2, 0.25) is 5.02 Å². The molecule has 146 valence electrons. The van der Waals surface area contributed by atoms with E-state index in [4.69, 9.17) is 16.7 Å². The van der Waals surface area contributed by atoms with Gasteiger partial charge in [0.25, 0.3) is 0 Å². The zero-order valence-electron chi connectivity index (χ0n) is 14.8. The molecule has 3 rings (SSSR count). The molecule has 9 heteroatoms. The van der Waals surface area contributed by atoms with Crippen LogP contribution in [0.15, 0.2) is 59.4 Å². The van der Waals surface area contributed by atoms with Gasteiger partial charge in [-0.2, -0.15) is 4.68 Å². The number of amides is 1. The second kappa shape index (κ2) is 8.83. The van der Waals surface area contributed by atoms with Gasteiger partial charge in [-0.3, -0.25) is 9.36 Å². The van der Waals surface area contributed by atoms with Crippen LogP contribution in [0.5, 0.6) is 0 Å². The average Bonchev–Trinajstić information content (AvgIpc) is 3.03. The monoisotopic (exact) mass is 402 g/mol. The summed E-state index contributed by atoms with van der Waals surface area (Å²) in [4.78, 5) is 25.2. The number of carbonyl (C=O) groups excluding carboxylic acids is 1. The van der Waals surface area contributed by atoms with Crippen molar-refractivity contribution in [3.63, 3.8) is 0 Å². The molecule has 1 unspecified atom stereocenters. The Bertz CT molecular complexity index is 999. The number of aliphatic hydroxyl groups is 2. The van der Waals surface area contributed by atoms with Crippen LogP contribution in [0, 0.1) is 0 Å². The van der Waals surface area contributed by atoms with Gasteiger partial charge in [0.1, 0.15) is 6.54 Å². The lowest BCUT2D eigenvalue weighted by atomic mass is 10.2. The molecule has 1 heterocycles. The first-order valence-corrected chi connectivity index (χ1v) is 8.94. The number of nitrogens with zero attached hydrogens (tertiary/aromatic N) is 3. The van der Waals surface area contributed by atoms with Crippen LogP contribution in [-0.4, -0.2) is 49.7 Å². The molecular formula is C19H19ClN4O4. The third kappa shape index (κ3) is 4.48. The summed E-state index contributed by atoms with van der Waals surface area (Å²) in [5.41, 5.74) is 0.705. The minimum Gasteiger partial charge on any atom is -0.394 e. The predicted molar refractivity (Wildman–Crippen MR) is 104 cm³/mol. The molecule has 3 N–H and O–H groups in total. The van der Waals surface area contributed by atoms with Crippen molar-refractivity contribution in [2.75, 3.05) is 13.2 Å². The summed E-state index contributed by atoms with van der Waals surface area (Å²) in [5, 5.41) is 25.6. The van der Waals surface area contributed by atoms with Crippen molar-refractivity contribution in [1.82, 2.24) is 19.7 Å². The molecule has 0 radical (unpaired) electrons. The maximum Gasteiger partial charge on any atom is 0.351 e. The Morgan fingerprint density at radius 1 is 1.14 bits per heavy atom. The highest BCUT2D eigenvalue weighted by atomic mass is 35.5. The fourth-order valence-electron chi connectivity index (χ4n) is 2.59. The maximum absolute atomic E-state index is 12.9. The lowest BCUT2D eigenvalue weighted by Gasteiger charge is -2.10. The van der Waals surface area contributed by atoms with Crippen LogP contribution in [-0.2, 0) is 11.3 Å². The quantitative estimate of drug-likeness (QED) is 0.542. The maximum atomic E-state index is 12.9. The Labute approximate surface area is 165 Å². The topological polar surface area (TPSA) is 109 Å². The number of rotatable bonds is 7. The highest BCUT2D eigenvalue weighted by molar-refractivity contribution is 6.30. The fourth-order valence-corrected chi connectivity index (χ4v) is 2.71. The molecule has 3 aromatic rings. The predicted octanol–water partition coefficient (Wildman–Crippen LogP) is 0.824. The van der Waals surface area contributed by atoms with Crippen LogP contribution in [0.25, 0.3) is 17.1 Å². The van der Waals surface area contributed by atoms with Gasteiger partial charge in [-0.1, -0.05) is 41.9 Å². The molecular weight excluding hydrogens is 384 g/mol. The summed E-state index contributed by atoms with van der Waals surface area (Å²) in [7, 11) is 0. The normalized spacial score (nSPS) is 12.0. The van der Waals surface area contributed by atoms with Gasteiger partial charge in [-0.05, 0) is 24.3 Å². The summed E-state index contributed by atoms with van der Waals surface area (Å²) < 4.78 is 2.46. The van der Waals surface area contributed by atoms with E-state index >= 15 is 0 Å². The molecule has 28 heavy (non-hydrogen) atoms. The van der Waals surface area contributed by atoms with Gasteiger partial charge in [0.2, 0.25) is 5.91 Å². The third-order valence-electron chi connectivity index (χ3n) is 4.01. The average molecular weight is 403 g/mol. The summed E-state index contributed by atoms with van der Waals surface area (Å²) in [6, 6.07) is 15.6. The number of benzene rings is 2. The molecule has 0 spiro atoms. The zero-order valence-corrected chi connectivity index (χ0v) is 15.6. The van der Waals surface area contributed by atoms with Crippen molar-refractivity contribution >= 4 is 17.5 Å². The number of hydrogen-bond donors (Lipinski definition) is 3. The molecule has 0 saturated heterocycles. The minimum atomic E-state index is -1.06. The molecule has 0 fully saturated rings. The SMILES string of the molecule is O=C(Cn1c(-c2ccccc2)nn(-c2ccc(Cl)cc2)c1=O)NCC(O)CO. The number of aromatic nitrogens is 3. The van der Waals surface area contributed by atoms with Crippen molar-refractivity contribution < 1.29 is 15.0 Å². The zero-order chi connectivity index (χ0) is 20.1. The van der Waals surface area contributed by atoms with E-state index in [1.54, 1.807) is 36.4 Å². The van der Waals surface area contributed by atoms with E-state index in [1.165, 1.54) is 9.25 Å². The third-order valence-corrected chi connectivity index (χ3v) is 4.26. The molecule has 0 aliphatic rings. The Hall–Kier alpha value is -2.94. The minimum absolute atomic E-state index is 0.115. The van der Waals surface area contributed by atoms with Gasteiger partial charge < -0.3 is 15.5 Å². The molecule has 8 nitrogen and oxygen atoms in total. The molecule has 0 saturated carbocycles. The number of aliphatic hydroxyl groups excluding tert-OH is 2. The lowest BCUT2D eigenvalue weighted by Crippen LogP contribution is -2.38. The van der Waals surface area contributed by atoms with E-state index in [1.807, 2.05) is 18.2 Å². The lowest BCUT2D eigenvalue weighted by molar-refractivity contribution is -0.122. The van der Waals surface area contributed by atoms with Crippen molar-refractivity contribution in [2.45, 2.75) is 12.6 Å². The van der Waals surface area contributed by atoms with Gasteiger partial charge in [0, 0.05) is 17.1 Å². The standard InChI is InChI=1S/C19H19ClN4O4/c20-14-6-8-15(9-7-14)24-19(28)23(11-17(27)21-10-16(26)12-25)18(22-24)13-4-2-1-3-5-13/h1-9,16,25-26H,10-12H2,(H,21,27). The summed E-state index contributed by atoms with van der Waals surface area (Å²) in [6.45, 7) is -0.866. The number of halogens is 1. The molecule has 1 aromatic heterocycles. The highest BCUT2D eigenvalue weighted by Gasteiger charge is 2.18. The molecule has 0 aliphatic carbocycles. The van der Waals surface area contributed by atoms with Crippen molar-refractivity contribution in [1.29, 1.82) is 0 Å². The largest absolute Gasteiger partial charge is 0.394 e. The van der Waals surface area contributed by atoms with Gasteiger partial charge in [0.15, 0.2) is 5.82 Å². The molecule has 0 aliphatic heterocycles. The summed E-state index contributed by atoms with van der Waals surface area (Å²) >= 11 is 5.91. The van der Waals surface area contributed by atoms with Gasteiger partial charge in [-0.15, -0.1) is 5.10 Å². The van der Waals surface area contributed by atoms with Gasteiger partial charge in [0.05, 0.1) is 18.4 Å². The Balaban J connectivity index is 1.98. The smallest absolute Gasteiger partial charge is 0.351 e. The fraction of sp³-hybridized carbons (Fsp3) is 0.211. The number of hydrogen-bond acceptors (Lipinski definition) is 5. The molecule has 0 bridgehead atoms. The molecule has 2 aromatic carbocycles. The molecule has 1 amide bonds. The summed E-state index contributed by atoms with van der Waals surface area (Å²) in [6.07, 6.45) is -1.06. The van der Waals surface area contributed by atoms with E-state index < -0.39 is 24.3 Å². The first kappa shape index (κ1) is 19.8. The van der Waals surface area contributed by atoms with E-state index in [9.17, 15) is 14.7 Å². The van der Waals surface area contributed by atoms with Crippen molar-refractivity contribution in [3.8, 4) is 17.1 Å². The number of carbonyl (C=O) groups is 1. The van der Waals surface area contributed by atoms with Crippen LogP contribution in [0.4, 0.5) is 0 Å². The van der Waals surface area contributed by atoms with Crippen LogP contribution in [0.1, 0.15) is 0 Å². The van der Waals surface area contributed by atoms with Gasteiger partial charge >= 0.3 is 5.69 Å². The number of nitrogens with one attached hydrogen (secondary N) is 1. The van der Waals surface area contributed by atoms with Crippen molar-refractivity contribution in [2.24, 2.45) is 0 Å². The van der Waals surface area contributed by atoms with Gasteiger partial charge in [-0.25, -0.2) is 4.79 Å². The highest BCUT2D eigenvalue weighted by Crippen LogP contribution is 2.17. The Morgan fingerprint density at radius 3 is 2.46 bits per heavy atom. The second-order valence-electron chi connectivity index (χ2n) is 6.09. The van der Waals surface area contributed by atoms with E-state index in [0.717, 1.165) is 0 Å². The van der Waals surface area contributed by atoms with E-state index in [-0.39, 0.29) is 13.1 Å². The molecule has 1 atom stereocenters. The first-order valence-electron chi connectivity index (χ1n) is 8.56. The first-order chi connectivity index (χ1) is 13.5. The summed E-state index contributed by atoms with van der Waals surface area (Å²) in [5.74, 6) is -0.152. The Kier molecular flexibility index (Phi) is 6.25. The Morgan fingerprint density at radius 2 is 1.82 bits per heavy atom. The second-order valence-corrected chi connectivity index (χ2v) is 6.52. The van der Waals surface area contributed by atoms with E-state index in [0.29, 0.717) is 22.1 Å². The van der Waals surface area contributed by atoms with Crippen LogP contribution < -0.4 is 11.0 Å². The van der Waals surface area contributed by atoms with Crippen LogP contribution in [0.3, 0.4) is 0 Å². The van der Waals surface area contributed by atoms with Crippen LogP contribution >= 0.6 is 11.6 Å².